The average Bonchev–Trinajstić information content (AvgIpc) is 3.13. The summed E-state index contributed by atoms with van der Waals surface area (Å²) in [5.41, 5.74) is 7.38. The molecule has 0 radical (unpaired) electrons. The van der Waals surface area contributed by atoms with E-state index in [1.54, 1.807) is 24.5 Å². The summed E-state index contributed by atoms with van der Waals surface area (Å²) in [5.74, 6) is 0. The van der Waals surface area contributed by atoms with Crippen molar-refractivity contribution in [2.24, 2.45) is 5.73 Å². The van der Waals surface area contributed by atoms with E-state index >= 15 is 0 Å². The van der Waals surface area contributed by atoms with Gasteiger partial charge < -0.3 is 5.73 Å². The fourth-order valence-electron chi connectivity index (χ4n) is 3.58. The van der Waals surface area contributed by atoms with E-state index in [4.69, 9.17) is 17.3 Å². The van der Waals surface area contributed by atoms with Crippen LogP contribution >= 0.6 is 11.6 Å². The third-order valence-corrected chi connectivity index (χ3v) is 5.53. The maximum atomic E-state index is 13.4. The van der Waals surface area contributed by atoms with Gasteiger partial charge in [0.1, 0.15) is 5.69 Å². The first-order valence-electron chi connectivity index (χ1n) is 9.53. The predicted molar refractivity (Wildman–Crippen MR) is 107 cm³/mol. The van der Waals surface area contributed by atoms with Crippen LogP contribution in [0.25, 0.3) is 16.9 Å². The van der Waals surface area contributed by atoms with Gasteiger partial charge in [0.05, 0.1) is 22.0 Å². The number of alkyl halides is 3. The summed E-state index contributed by atoms with van der Waals surface area (Å²) in [5, 5.41) is 8.12. The van der Waals surface area contributed by atoms with Gasteiger partial charge >= 0.3 is 6.18 Å². The molecular formula is C20H20ClF3N6. The molecule has 3 heterocycles. The van der Waals surface area contributed by atoms with Crippen LogP contribution in [-0.2, 0) is 12.7 Å². The summed E-state index contributed by atoms with van der Waals surface area (Å²) in [7, 11) is 0. The van der Waals surface area contributed by atoms with Crippen molar-refractivity contribution in [3.8, 4) is 16.9 Å². The Labute approximate surface area is 176 Å². The van der Waals surface area contributed by atoms with Gasteiger partial charge in [0, 0.05) is 43.6 Å². The van der Waals surface area contributed by atoms with Crippen molar-refractivity contribution in [3.63, 3.8) is 0 Å². The Morgan fingerprint density at radius 1 is 1.10 bits per heavy atom. The third kappa shape index (κ3) is 4.33. The number of aromatic nitrogens is 4. The van der Waals surface area contributed by atoms with Crippen LogP contribution in [0.2, 0.25) is 5.02 Å². The Balaban J connectivity index is 1.77. The molecule has 10 heteroatoms. The molecule has 2 N–H and O–H groups in total. The molecule has 1 aliphatic heterocycles. The molecule has 1 aliphatic rings. The number of benzene rings is 1. The van der Waals surface area contributed by atoms with Crippen molar-refractivity contribution in [3.05, 3.63) is 59.0 Å². The van der Waals surface area contributed by atoms with Crippen molar-refractivity contribution < 1.29 is 13.2 Å². The van der Waals surface area contributed by atoms with E-state index in [-0.39, 0.29) is 16.8 Å². The SMILES string of the molecule is NC1CCN(Cc2nnn(-c3ccc(Cl)c(C(F)(F)F)c3)c2-c2ccncc2)CC1. The smallest absolute Gasteiger partial charge is 0.328 e. The number of rotatable bonds is 4. The van der Waals surface area contributed by atoms with Crippen molar-refractivity contribution in [2.45, 2.75) is 31.6 Å². The summed E-state index contributed by atoms with van der Waals surface area (Å²) in [6, 6.07) is 7.48. The lowest BCUT2D eigenvalue weighted by Gasteiger charge is -2.29. The van der Waals surface area contributed by atoms with Crippen LogP contribution in [0.3, 0.4) is 0 Å². The van der Waals surface area contributed by atoms with Gasteiger partial charge in [-0.3, -0.25) is 9.88 Å². The van der Waals surface area contributed by atoms with Crippen LogP contribution < -0.4 is 5.73 Å². The molecule has 0 unspecified atom stereocenters. The zero-order valence-corrected chi connectivity index (χ0v) is 16.7. The molecule has 0 saturated carbocycles. The minimum absolute atomic E-state index is 0.200. The lowest BCUT2D eigenvalue weighted by molar-refractivity contribution is -0.137. The molecule has 0 aliphatic carbocycles. The number of pyridine rings is 1. The highest BCUT2D eigenvalue weighted by molar-refractivity contribution is 6.31. The van der Waals surface area contributed by atoms with Crippen molar-refractivity contribution >= 4 is 11.6 Å². The molecule has 6 nitrogen and oxygen atoms in total. The summed E-state index contributed by atoms with van der Waals surface area (Å²) in [4.78, 5) is 6.26. The zero-order chi connectivity index (χ0) is 21.3. The number of halogens is 4. The van der Waals surface area contributed by atoms with Crippen LogP contribution in [-0.4, -0.2) is 44.0 Å². The van der Waals surface area contributed by atoms with Gasteiger partial charge in [-0.15, -0.1) is 5.10 Å². The summed E-state index contributed by atoms with van der Waals surface area (Å²) in [6.07, 6.45) is 0.467. The number of hydrogen-bond donors (Lipinski definition) is 1. The first kappa shape index (κ1) is 20.8. The van der Waals surface area contributed by atoms with Gasteiger partial charge in [-0.1, -0.05) is 16.8 Å². The van der Waals surface area contributed by atoms with Gasteiger partial charge in [-0.25, -0.2) is 4.68 Å². The zero-order valence-electron chi connectivity index (χ0n) is 16.0. The molecule has 0 spiro atoms. The normalized spacial score (nSPS) is 16.2. The Kier molecular flexibility index (Phi) is 5.77. The van der Waals surface area contributed by atoms with Crippen LogP contribution in [0.4, 0.5) is 13.2 Å². The molecule has 1 fully saturated rings. The molecule has 4 rings (SSSR count). The standard InChI is InChI=1S/C20H20ClF3N6/c21-17-2-1-15(11-16(17)20(22,23)24)30-19(13-3-7-26-8-4-13)18(27-28-30)12-29-9-5-14(25)6-10-29/h1-4,7-8,11,14H,5-6,9-10,12,25H2. The highest BCUT2D eigenvalue weighted by atomic mass is 35.5. The third-order valence-electron chi connectivity index (χ3n) is 5.20. The number of nitrogens with two attached hydrogens (primary N) is 1. The maximum Gasteiger partial charge on any atom is 0.417 e. The van der Waals surface area contributed by atoms with Gasteiger partial charge in [0.25, 0.3) is 0 Å². The van der Waals surface area contributed by atoms with Gasteiger partial charge in [0.15, 0.2) is 0 Å². The number of piperidine rings is 1. The monoisotopic (exact) mass is 436 g/mol. The molecule has 0 amide bonds. The summed E-state index contributed by atoms with van der Waals surface area (Å²) >= 11 is 5.78. The lowest BCUT2D eigenvalue weighted by atomic mass is 10.1. The predicted octanol–water partition coefficient (Wildman–Crippen LogP) is 3.92. The second kappa shape index (κ2) is 8.33. The first-order chi connectivity index (χ1) is 14.3. The lowest BCUT2D eigenvalue weighted by Crippen LogP contribution is -2.39. The molecule has 3 aromatic rings. The van der Waals surface area contributed by atoms with Crippen LogP contribution in [0.15, 0.2) is 42.7 Å². The highest BCUT2D eigenvalue weighted by Gasteiger charge is 2.34. The van der Waals surface area contributed by atoms with E-state index in [0.717, 1.165) is 37.6 Å². The van der Waals surface area contributed by atoms with Crippen LogP contribution in [0, 0.1) is 0 Å². The van der Waals surface area contributed by atoms with E-state index < -0.39 is 11.7 Å². The summed E-state index contributed by atoms with van der Waals surface area (Å²) < 4.78 is 41.5. The second-order valence-electron chi connectivity index (χ2n) is 7.31. The molecule has 0 bridgehead atoms. The fraction of sp³-hybridized carbons (Fsp3) is 0.350. The molecule has 1 saturated heterocycles. The van der Waals surface area contributed by atoms with Gasteiger partial charge in [0.2, 0.25) is 0 Å². The Bertz CT molecular complexity index is 1010. The fourth-order valence-corrected chi connectivity index (χ4v) is 3.81. The molecule has 2 aromatic heterocycles. The number of likely N-dealkylation sites (tertiary alicyclic amines) is 1. The highest BCUT2D eigenvalue weighted by Crippen LogP contribution is 2.36. The Hall–Kier alpha value is -2.49. The number of nitrogens with zero attached hydrogens (tertiary/aromatic N) is 5. The Morgan fingerprint density at radius 2 is 1.80 bits per heavy atom. The van der Waals surface area contributed by atoms with Crippen molar-refractivity contribution in [1.29, 1.82) is 0 Å². The van der Waals surface area contributed by atoms with E-state index in [9.17, 15) is 13.2 Å². The average molecular weight is 437 g/mol. The van der Waals surface area contributed by atoms with Crippen molar-refractivity contribution in [1.82, 2.24) is 24.9 Å². The van der Waals surface area contributed by atoms with Gasteiger partial charge in [-0.05, 0) is 43.2 Å². The van der Waals surface area contributed by atoms with E-state index in [1.165, 1.54) is 16.8 Å². The Morgan fingerprint density at radius 3 is 2.47 bits per heavy atom. The van der Waals surface area contributed by atoms with Gasteiger partial charge in [-0.2, -0.15) is 13.2 Å². The van der Waals surface area contributed by atoms with Crippen LogP contribution in [0.1, 0.15) is 24.1 Å². The number of hydrogen-bond acceptors (Lipinski definition) is 5. The molecule has 1 aromatic carbocycles. The first-order valence-corrected chi connectivity index (χ1v) is 9.91. The molecule has 158 valence electrons. The quantitative estimate of drug-likeness (QED) is 0.671. The van der Waals surface area contributed by atoms with E-state index in [2.05, 4.69) is 20.2 Å². The molecule has 30 heavy (non-hydrogen) atoms. The topological polar surface area (TPSA) is 72.9 Å². The minimum Gasteiger partial charge on any atom is -0.328 e. The van der Waals surface area contributed by atoms with Crippen LogP contribution in [0.5, 0.6) is 0 Å². The molecular weight excluding hydrogens is 417 g/mol. The van der Waals surface area contributed by atoms with E-state index in [1.807, 2.05) is 0 Å². The van der Waals surface area contributed by atoms with E-state index in [0.29, 0.717) is 17.9 Å². The molecule has 0 atom stereocenters. The largest absolute Gasteiger partial charge is 0.417 e. The minimum atomic E-state index is -4.57. The van der Waals surface area contributed by atoms with Crippen molar-refractivity contribution in [2.75, 3.05) is 13.1 Å². The maximum absolute atomic E-state index is 13.4. The summed E-state index contributed by atoms with van der Waals surface area (Å²) in [6.45, 7) is 2.20. The second-order valence-corrected chi connectivity index (χ2v) is 7.72.